The van der Waals surface area contributed by atoms with Gasteiger partial charge in [-0.3, -0.25) is 0 Å². The van der Waals surface area contributed by atoms with E-state index in [2.05, 4.69) is 25.4 Å². The van der Waals surface area contributed by atoms with Crippen LogP contribution in [0.15, 0.2) is 24.4 Å². The van der Waals surface area contributed by atoms with Gasteiger partial charge in [0.15, 0.2) is 17.3 Å². The van der Waals surface area contributed by atoms with Crippen LogP contribution < -0.4 is 19.7 Å². The van der Waals surface area contributed by atoms with E-state index in [-0.39, 0.29) is 6.79 Å². The molecule has 2 aliphatic heterocycles. The Hall–Kier alpha value is -2.57. The molecule has 1 fully saturated rings. The van der Waals surface area contributed by atoms with E-state index in [4.69, 9.17) is 9.47 Å². The highest BCUT2D eigenvalue weighted by Crippen LogP contribution is 2.34. The summed E-state index contributed by atoms with van der Waals surface area (Å²) in [4.78, 5) is 6.81. The molecule has 4 rings (SSSR count). The van der Waals surface area contributed by atoms with Crippen molar-refractivity contribution >= 4 is 17.5 Å². The topological polar surface area (TPSA) is 72.4 Å². The first-order valence-electron chi connectivity index (χ1n) is 7.50. The lowest BCUT2D eigenvalue weighted by molar-refractivity contribution is 0.174. The van der Waals surface area contributed by atoms with Crippen molar-refractivity contribution in [2.45, 2.75) is 19.3 Å². The first kappa shape index (κ1) is 13.1. The Morgan fingerprint density at radius 3 is 2.82 bits per heavy atom. The molecule has 22 heavy (non-hydrogen) atoms. The second kappa shape index (κ2) is 5.67. The van der Waals surface area contributed by atoms with Gasteiger partial charge < -0.3 is 19.7 Å². The van der Waals surface area contributed by atoms with Crippen molar-refractivity contribution in [3.63, 3.8) is 0 Å². The zero-order valence-electron chi connectivity index (χ0n) is 12.2. The number of fused-ring (bicyclic) bond motifs is 1. The van der Waals surface area contributed by atoms with Crippen LogP contribution in [0.5, 0.6) is 11.5 Å². The third-order valence-corrected chi connectivity index (χ3v) is 3.85. The molecule has 1 aromatic heterocycles. The smallest absolute Gasteiger partial charge is 0.249 e. The minimum Gasteiger partial charge on any atom is -0.454 e. The molecule has 114 valence electrons. The molecule has 7 heteroatoms. The van der Waals surface area contributed by atoms with Crippen molar-refractivity contribution in [1.29, 1.82) is 0 Å². The van der Waals surface area contributed by atoms with Crippen LogP contribution in [0.1, 0.15) is 19.3 Å². The summed E-state index contributed by atoms with van der Waals surface area (Å²) in [5.74, 6) is 2.84. The molecule has 0 radical (unpaired) electrons. The van der Waals surface area contributed by atoms with Crippen molar-refractivity contribution < 1.29 is 9.47 Å². The van der Waals surface area contributed by atoms with E-state index < -0.39 is 0 Å². The Balaban J connectivity index is 1.53. The van der Waals surface area contributed by atoms with Gasteiger partial charge in [-0.25, -0.2) is 0 Å². The number of hydrogen-bond donors (Lipinski definition) is 1. The molecule has 0 saturated carbocycles. The highest BCUT2D eigenvalue weighted by Gasteiger charge is 2.15. The third-order valence-electron chi connectivity index (χ3n) is 3.85. The van der Waals surface area contributed by atoms with E-state index in [1.807, 2.05) is 18.2 Å². The molecule has 2 aromatic rings. The Morgan fingerprint density at radius 1 is 1.05 bits per heavy atom. The Labute approximate surface area is 128 Å². The molecule has 0 unspecified atom stereocenters. The van der Waals surface area contributed by atoms with Gasteiger partial charge in [0.1, 0.15) is 0 Å². The minimum absolute atomic E-state index is 0.265. The lowest BCUT2D eigenvalue weighted by Gasteiger charge is -2.27. The fraction of sp³-hybridized carbons (Fsp3) is 0.400. The summed E-state index contributed by atoms with van der Waals surface area (Å²) in [6.07, 6.45) is 5.41. The lowest BCUT2D eigenvalue weighted by Crippen LogP contribution is -2.30. The average Bonchev–Trinajstić information content (AvgIpc) is 3.04. The maximum absolute atomic E-state index is 5.37. The molecule has 0 aliphatic carbocycles. The Kier molecular flexibility index (Phi) is 3.38. The molecular formula is C15H17N5O2. The van der Waals surface area contributed by atoms with Gasteiger partial charge in [-0.2, -0.15) is 10.1 Å². The van der Waals surface area contributed by atoms with Crippen LogP contribution in [-0.2, 0) is 0 Å². The molecule has 1 saturated heterocycles. The highest BCUT2D eigenvalue weighted by molar-refractivity contribution is 5.60. The second-order valence-corrected chi connectivity index (χ2v) is 5.38. The SMILES string of the molecule is c1cc2c(cc1Nc1nncc(N3CCCCC3)n1)OCO2. The number of nitrogens with zero attached hydrogens (tertiary/aromatic N) is 4. The number of aromatic nitrogens is 3. The van der Waals surface area contributed by atoms with Gasteiger partial charge in [-0.15, -0.1) is 5.10 Å². The maximum atomic E-state index is 5.37. The number of piperidine rings is 1. The second-order valence-electron chi connectivity index (χ2n) is 5.38. The van der Waals surface area contributed by atoms with E-state index >= 15 is 0 Å². The number of benzene rings is 1. The zero-order chi connectivity index (χ0) is 14.8. The van der Waals surface area contributed by atoms with Crippen LogP contribution in [0.25, 0.3) is 0 Å². The molecule has 1 aromatic carbocycles. The van der Waals surface area contributed by atoms with Gasteiger partial charge >= 0.3 is 0 Å². The molecule has 7 nitrogen and oxygen atoms in total. The molecule has 1 N–H and O–H groups in total. The van der Waals surface area contributed by atoms with Crippen LogP contribution in [0.2, 0.25) is 0 Å². The van der Waals surface area contributed by atoms with Crippen molar-refractivity contribution in [2.24, 2.45) is 0 Å². The van der Waals surface area contributed by atoms with Gasteiger partial charge in [-0.1, -0.05) is 0 Å². The normalized spacial score (nSPS) is 16.6. The van der Waals surface area contributed by atoms with Crippen molar-refractivity contribution in [3.05, 3.63) is 24.4 Å². The van der Waals surface area contributed by atoms with Crippen LogP contribution in [0.4, 0.5) is 17.5 Å². The lowest BCUT2D eigenvalue weighted by atomic mass is 10.1. The van der Waals surface area contributed by atoms with E-state index in [1.165, 1.54) is 19.3 Å². The summed E-state index contributed by atoms with van der Waals surface area (Å²) < 4.78 is 10.7. The van der Waals surface area contributed by atoms with Gasteiger partial charge in [0.05, 0.1) is 6.20 Å². The molecule has 0 bridgehead atoms. The van der Waals surface area contributed by atoms with E-state index in [0.717, 1.165) is 36.1 Å². The molecule has 3 heterocycles. The molecular weight excluding hydrogens is 282 g/mol. The van der Waals surface area contributed by atoms with Gasteiger partial charge in [0.2, 0.25) is 12.7 Å². The monoisotopic (exact) mass is 299 g/mol. The Bertz CT molecular complexity index is 673. The van der Waals surface area contributed by atoms with Crippen molar-refractivity contribution in [3.8, 4) is 11.5 Å². The number of hydrogen-bond acceptors (Lipinski definition) is 7. The number of ether oxygens (including phenoxy) is 2. The summed E-state index contributed by atoms with van der Waals surface area (Å²) in [7, 11) is 0. The zero-order valence-corrected chi connectivity index (χ0v) is 12.2. The Morgan fingerprint density at radius 2 is 1.91 bits per heavy atom. The van der Waals surface area contributed by atoms with Crippen LogP contribution in [0.3, 0.4) is 0 Å². The summed E-state index contributed by atoms with van der Waals surface area (Å²) in [6, 6.07) is 5.65. The van der Waals surface area contributed by atoms with E-state index in [9.17, 15) is 0 Å². The fourth-order valence-electron chi connectivity index (χ4n) is 2.73. The van der Waals surface area contributed by atoms with Crippen molar-refractivity contribution in [2.75, 3.05) is 30.1 Å². The van der Waals surface area contributed by atoms with Gasteiger partial charge in [-0.05, 0) is 31.4 Å². The standard InChI is InChI=1S/C15H17N5O2/c1-2-6-20(7-3-1)14-9-16-19-15(18-14)17-11-4-5-12-13(8-11)22-10-21-12/h4-5,8-9H,1-3,6-7,10H2,(H,17,18,19). The van der Waals surface area contributed by atoms with E-state index in [1.54, 1.807) is 6.20 Å². The largest absolute Gasteiger partial charge is 0.454 e. The van der Waals surface area contributed by atoms with Crippen LogP contribution in [-0.4, -0.2) is 35.1 Å². The summed E-state index contributed by atoms with van der Waals surface area (Å²) >= 11 is 0. The summed E-state index contributed by atoms with van der Waals surface area (Å²) in [5.41, 5.74) is 0.849. The van der Waals surface area contributed by atoms with Crippen LogP contribution >= 0.6 is 0 Å². The molecule has 0 atom stereocenters. The summed E-state index contributed by atoms with van der Waals surface area (Å²) in [6.45, 7) is 2.33. The molecule has 0 amide bonds. The highest BCUT2D eigenvalue weighted by atomic mass is 16.7. The minimum atomic E-state index is 0.265. The predicted octanol–water partition coefficient (Wildman–Crippen LogP) is 2.33. The first-order chi connectivity index (χ1) is 10.9. The predicted molar refractivity (Wildman–Crippen MR) is 81.7 cm³/mol. The summed E-state index contributed by atoms with van der Waals surface area (Å²) in [5, 5.41) is 11.3. The molecule has 0 spiro atoms. The quantitative estimate of drug-likeness (QED) is 0.932. The van der Waals surface area contributed by atoms with Crippen LogP contribution in [0, 0.1) is 0 Å². The van der Waals surface area contributed by atoms with E-state index in [0.29, 0.717) is 5.95 Å². The number of rotatable bonds is 3. The maximum Gasteiger partial charge on any atom is 0.249 e. The van der Waals surface area contributed by atoms with Gasteiger partial charge in [0.25, 0.3) is 0 Å². The first-order valence-corrected chi connectivity index (χ1v) is 7.50. The third kappa shape index (κ3) is 2.61. The number of nitrogens with one attached hydrogen (secondary N) is 1. The average molecular weight is 299 g/mol. The van der Waals surface area contributed by atoms with Gasteiger partial charge in [0, 0.05) is 24.8 Å². The number of anilines is 3. The molecule has 2 aliphatic rings. The van der Waals surface area contributed by atoms with Crippen molar-refractivity contribution in [1.82, 2.24) is 15.2 Å². The fourth-order valence-corrected chi connectivity index (χ4v) is 2.73.